The second-order valence-electron chi connectivity index (χ2n) is 21.3. The van der Waals surface area contributed by atoms with Crippen molar-refractivity contribution in [1.29, 1.82) is 0 Å². The number of nitrogens with one attached hydrogen (secondary N) is 4. The fourth-order valence-electron chi connectivity index (χ4n) is 12.6. The van der Waals surface area contributed by atoms with Crippen molar-refractivity contribution >= 4 is 35.6 Å². The van der Waals surface area contributed by atoms with Gasteiger partial charge in [0.05, 0.1) is 6.61 Å². The highest BCUT2D eigenvalue weighted by molar-refractivity contribution is 5.94. The maximum atomic E-state index is 13.5. The van der Waals surface area contributed by atoms with Crippen LogP contribution in [0.3, 0.4) is 0 Å². The number of hydrogen-bond acceptors (Lipinski definition) is 12. The number of carboxylic acids is 1. The van der Waals surface area contributed by atoms with Crippen LogP contribution in [-0.2, 0) is 43.0 Å². The minimum atomic E-state index is -1.68. The van der Waals surface area contributed by atoms with Gasteiger partial charge in [-0.05, 0) is 118 Å². The lowest BCUT2D eigenvalue weighted by atomic mass is 9.47. The zero-order chi connectivity index (χ0) is 48.8. The van der Waals surface area contributed by atoms with Gasteiger partial charge in [-0.3, -0.25) is 24.0 Å². The minimum absolute atomic E-state index is 0.0584. The Hall–Kier alpha value is -3.64. The van der Waals surface area contributed by atoms with E-state index in [1.54, 1.807) is 0 Å². The minimum Gasteiger partial charge on any atom is -0.481 e. The maximum Gasteiger partial charge on any atom is 0.328 e. The van der Waals surface area contributed by atoms with Gasteiger partial charge in [0, 0.05) is 19.8 Å². The lowest BCUT2D eigenvalue weighted by Gasteiger charge is -2.58. The van der Waals surface area contributed by atoms with E-state index in [4.69, 9.17) is 14.2 Å². The summed E-state index contributed by atoms with van der Waals surface area (Å²) in [6, 6.07) is -5.09. The number of aliphatic hydroxyl groups is 3. The van der Waals surface area contributed by atoms with Gasteiger partial charge in [0.1, 0.15) is 54.7 Å². The Morgan fingerprint density at radius 3 is 2.20 bits per heavy atom. The van der Waals surface area contributed by atoms with Gasteiger partial charge in [0.25, 0.3) is 0 Å². The van der Waals surface area contributed by atoms with Crippen molar-refractivity contribution in [2.45, 2.75) is 207 Å². The molecular weight excluding hydrogens is 853 g/mol. The van der Waals surface area contributed by atoms with Crippen LogP contribution in [0, 0.1) is 46.3 Å². The molecule has 17 nitrogen and oxygen atoms in total. The Bertz CT molecular complexity index is 1780. The molecule has 3 saturated carbocycles. The van der Waals surface area contributed by atoms with Gasteiger partial charge in [-0.25, -0.2) is 4.79 Å². The van der Waals surface area contributed by atoms with Crippen LogP contribution in [0.15, 0.2) is 11.6 Å². The summed E-state index contributed by atoms with van der Waals surface area (Å²) in [6.07, 6.45) is 6.42. The van der Waals surface area contributed by atoms with Gasteiger partial charge in [0.15, 0.2) is 6.29 Å². The molecule has 0 bridgehead atoms. The third-order valence-electron chi connectivity index (χ3n) is 16.3. The molecule has 1 unspecified atom stereocenters. The molecule has 4 fully saturated rings. The standard InChI is InChI=1S/C49H80N4O13/c1-25(2)11-10-12-26(3)34-15-16-35-33-14-13-31-23-32(19-21-48(31,8)36(33)20-22-49(34,35)9)65-46(62)28(5)51-45(61)37(17-18-39(56)57)53-43(59)27(4)50-44(60)29(6)64-42-40(52-30(7)55)47(63)66-38(24-54)41(42)58/h13,25-29,32-38,40-42,47,54,58,63H,10-12,14-24H2,1-9H3,(H,50,60)(H,51,61)(H,52,55)(H,53,59)(H,56,57)/t26-,27+,28+,29-,32+,33+,34-,35+,36+,37-,38-,40-,41-,42-,47?,48+,49-/m1/s1. The quantitative estimate of drug-likeness (QED) is 0.0642. The highest BCUT2D eigenvalue weighted by atomic mass is 16.6. The van der Waals surface area contributed by atoms with Gasteiger partial charge in [0.2, 0.25) is 23.6 Å². The summed E-state index contributed by atoms with van der Waals surface area (Å²) < 4.78 is 16.9. The number of esters is 1. The van der Waals surface area contributed by atoms with Crippen molar-refractivity contribution in [2.24, 2.45) is 46.3 Å². The SMILES string of the molecule is CC(=O)N[C@H]1C(O)O[C@H](CO)[C@@H](O)[C@@H]1O[C@H](C)C(=O)N[C@@H](C)C(=O)N[C@H](CCC(=O)O)C(=O)N[C@@H](C)C(=O)O[C@H]1CC[C@@]2(C)C(=CC[C@H]3[C@@H]4CC[C@H]([C@H](C)CCCC(C)C)[C@@]4(C)CC[C@@H]32)C1. The first-order valence-electron chi connectivity index (χ1n) is 24.6. The molecule has 1 heterocycles. The summed E-state index contributed by atoms with van der Waals surface area (Å²) in [6.45, 7) is 16.7. The normalized spacial score (nSPS) is 35.0. The van der Waals surface area contributed by atoms with Gasteiger partial charge in [-0.15, -0.1) is 0 Å². The number of hydrogen-bond donors (Lipinski definition) is 8. The second kappa shape index (κ2) is 22.6. The van der Waals surface area contributed by atoms with Crippen molar-refractivity contribution in [3.05, 3.63) is 11.6 Å². The highest BCUT2D eigenvalue weighted by Gasteiger charge is 2.59. The first-order chi connectivity index (χ1) is 31.0. The molecule has 17 heteroatoms. The van der Waals surface area contributed by atoms with Crippen molar-refractivity contribution < 1.29 is 63.4 Å². The Balaban J connectivity index is 1.13. The number of fused-ring (bicyclic) bond motifs is 5. The zero-order valence-corrected chi connectivity index (χ0v) is 40.7. The van der Waals surface area contributed by atoms with Crippen LogP contribution in [0.2, 0.25) is 0 Å². The summed E-state index contributed by atoms with van der Waals surface area (Å²) in [5.74, 6) is -0.626. The molecule has 0 radical (unpaired) electrons. The molecule has 8 N–H and O–H groups in total. The van der Waals surface area contributed by atoms with E-state index in [1.165, 1.54) is 71.3 Å². The van der Waals surface area contributed by atoms with E-state index in [1.807, 2.05) is 0 Å². The van der Waals surface area contributed by atoms with E-state index in [-0.39, 0.29) is 17.9 Å². The summed E-state index contributed by atoms with van der Waals surface area (Å²) in [4.78, 5) is 76.8. The predicted octanol–water partition coefficient (Wildman–Crippen LogP) is 3.65. The van der Waals surface area contributed by atoms with Crippen LogP contribution in [-0.4, -0.2) is 124 Å². The molecule has 0 spiro atoms. The number of amides is 4. The van der Waals surface area contributed by atoms with Crippen LogP contribution in [0.25, 0.3) is 0 Å². The topological polar surface area (TPSA) is 259 Å². The van der Waals surface area contributed by atoms with E-state index in [2.05, 4.69) is 62.0 Å². The number of carbonyl (C=O) groups excluding carboxylic acids is 5. The fourth-order valence-corrected chi connectivity index (χ4v) is 12.6. The lowest BCUT2D eigenvalue weighted by Crippen LogP contribution is -2.65. The molecule has 4 amide bonds. The molecule has 1 aliphatic heterocycles. The van der Waals surface area contributed by atoms with Crippen LogP contribution < -0.4 is 21.3 Å². The number of allylic oxidation sites excluding steroid dienone is 1. The molecule has 0 aromatic heterocycles. The third kappa shape index (κ3) is 12.3. The smallest absolute Gasteiger partial charge is 0.328 e. The van der Waals surface area contributed by atoms with Crippen molar-refractivity contribution in [1.82, 2.24) is 21.3 Å². The number of aliphatic hydroxyl groups excluding tert-OH is 3. The Kier molecular flexibility index (Phi) is 18.3. The molecule has 0 aromatic rings. The number of carboxylic acid groups (broad SMARTS) is 1. The lowest BCUT2D eigenvalue weighted by molar-refractivity contribution is -0.266. The number of ether oxygens (including phenoxy) is 3. The Labute approximate surface area is 390 Å². The summed E-state index contributed by atoms with van der Waals surface area (Å²) in [5, 5.41) is 50.0. The first-order valence-corrected chi connectivity index (χ1v) is 24.6. The van der Waals surface area contributed by atoms with E-state index in [9.17, 15) is 49.2 Å². The molecule has 1 saturated heterocycles. The molecule has 0 aromatic carbocycles. The van der Waals surface area contributed by atoms with Gasteiger partial charge in [-0.2, -0.15) is 0 Å². The Morgan fingerprint density at radius 1 is 0.848 bits per heavy atom. The highest BCUT2D eigenvalue weighted by Crippen LogP contribution is 2.67. The average Bonchev–Trinajstić information content (AvgIpc) is 3.61. The number of aliphatic carboxylic acids is 1. The monoisotopic (exact) mass is 933 g/mol. The predicted molar refractivity (Wildman–Crippen MR) is 243 cm³/mol. The van der Waals surface area contributed by atoms with Crippen molar-refractivity contribution in [2.75, 3.05) is 6.61 Å². The van der Waals surface area contributed by atoms with Crippen molar-refractivity contribution in [3.63, 3.8) is 0 Å². The number of rotatable bonds is 20. The molecule has 374 valence electrons. The summed E-state index contributed by atoms with van der Waals surface area (Å²) in [5.41, 5.74) is 1.82. The van der Waals surface area contributed by atoms with E-state index >= 15 is 0 Å². The molecular formula is C49H80N4O13. The molecule has 17 atom stereocenters. The molecule has 4 aliphatic carbocycles. The zero-order valence-electron chi connectivity index (χ0n) is 40.7. The third-order valence-corrected chi connectivity index (χ3v) is 16.3. The molecule has 66 heavy (non-hydrogen) atoms. The van der Waals surface area contributed by atoms with Gasteiger partial charge in [-0.1, -0.05) is 65.5 Å². The maximum absolute atomic E-state index is 13.5. The first kappa shape index (κ1) is 53.3. The van der Waals surface area contributed by atoms with Gasteiger partial charge >= 0.3 is 11.9 Å². The molecule has 5 aliphatic rings. The number of carbonyl (C=O) groups is 6. The largest absolute Gasteiger partial charge is 0.481 e. The second-order valence-corrected chi connectivity index (χ2v) is 21.3. The van der Waals surface area contributed by atoms with Crippen molar-refractivity contribution in [3.8, 4) is 0 Å². The van der Waals surface area contributed by atoms with Crippen LogP contribution in [0.4, 0.5) is 0 Å². The van der Waals surface area contributed by atoms with Crippen LogP contribution >= 0.6 is 0 Å². The average molecular weight is 933 g/mol. The summed E-state index contributed by atoms with van der Waals surface area (Å²) in [7, 11) is 0. The Morgan fingerprint density at radius 2 is 1.55 bits per heavy atom. The summed E-state index contributed by atoms with van der Waals surface area (Å²) >= 11 is 0. The van der Waals surface area contributed by atoms with Crippen LogP contribution in [0.5, 0.6) is 0 Å². The van der Waals surface area contributed by atoms with Gasteiger partial charge < -0.3 is 55.9 Å². The van der Waals surface area contributed by atoms with E-state index in [0.717, 1.165) is 43.4 Å². The van der Waals surface area contributed by atoms with E-state index in [0.29, 0.717) is 30.1 Å². The van der Waals surface area contributed by atoms with E-state index < -0.39 is 103 Å². The fraction of sp³-hybridized carbons (Fsp3) is 0.837. The molecule has 5 rings (SSSR count). The van der Waals surface area contributed by atoms with Crippen LogP contribution in [0.1, 0.15) is 146 Å².